The summed E-state index contributed by atoms with van der Waals surface area (Å²) in [5.41, 5.74) is 0.237. The fraction of sp³-hybridized carbons (Fsp3) is 0.235. The number of benzene rings is 2. The summed E-state index contributed by atoms with van der Waals surface area (Å²) in [6.45, 7) is 3.59. The van der Waals surface area contributed by atoms with Gasteiger partial charge in [-0.25, -0.2) is 17.9 Å². The number of rotatable bonds is 5. The lowest BCUT2D eigenvalue weighted by atomic mass is 10.2. The van der Waals surface area contributed by atoms with Crippen molar-refractivity contribution in [2.24, 2.45) is 0 Å². The van der Waals surface area contributed by atoms with E-state index in [0.717, 1.165) is 0 Å². The van der Waals surface area contributed by atoms with Crippen molar-refractivity contribution in [3.8, 4) is 17.2 Å². The highest BCUT2D eigenvalue weighted by atomic mass is 32.2. The fourth-order valence-corrected chi connectivity index (χ4v) is 3.51. The van der Waals surface area contributed by atoms with Gasteiger partial charge in [0.15, 0.2) is 11.5 Å². The minimum Gasteiger partial charge on any atom is -0.454 e. The third-order valence-electron chi connectivity index (χ3n) is 3.35. The molecule has 0 spiro atoms. The smallest absolute Gasteiger partial charge is 0.343 e. The Morgan fingerprint density at radius 1 is 1.08 bits per heavy atom. The first-order valence-corrected chi connectivity index (χ1v) is 9.08. The number of ether oxygens (including phenoxy) is 3. The molecule has 8 heteroatoms. The van der Waals surface area contributed by atoms with E-state index < -0.39 is 16.0 Å². The summed E-state index contributed by atoms with van der Waals surface area (Å²) in [7, 11) is -3.60. The minimum atomic E-state index is -3.60. The van der Waals surface area contributed by atoms with Gasteiger partial charge in [-0.2, -0.15) is 0 Å². The number of carbonyl (C=O) groups is 1. The van der Waals surface area contributed by atoms with E-state index in [0.29, 0.717) is 17.2 Å². The van der Waals surface area contributed by atoms with Gasteiger partial charge in [0.2, 0.25) is 16.8 Å². The van der Waals surface area contributed by atoms with Crippen LogP contribution in [0.15, 0.2) is 47.4 Å². The molecule has 0 aliphatic carbocycles. The number of hydrogen-bond acceptors (Lipinski definition) is 6. The molecular weight excluding hydrogens is 346 g/mol. The SMILES string of the molecule is CC(C)NS(=O)(=O)c1ccc(C(=O)Oc2ccc3c(c2)OCO3)cc1. The zero-order valence-corrected chi connectivity index (χ0v) is 14.5. The number of esters is 1. The van der Waals surface area contributed by atoms with Gasteiger partial charge in [-0.05, 0) is 50.2 Å². The van der Waals surface area contributed by atoms with Crippen LogP contribution in [-0.4, -0.2) is 27.2 Å². The van der Waals surface area contributed by atoms with Gasteiger partial charge in [0.1, 0.15) is 5.75 Å². The van der Waals surface area contributed by atoms with Crippen molar-refractivity contribution < 1.29 is 27.4 Å². The normalized spacial score (nSPS) is 13.1. The molecule has 1 aliphatic rings. The topological polar surface area (TPSA) is 90.9 Å². The third kappa shape index (κ3) is 3.92. The Hall–Kier alpha value is -2.58. The second-order valence-corrected chi connectivity index (χ2v) is 7.42. The molecule has 0 unspecified atom stereocenters. The summed E-state index contributed by atoms with van der Waals surface area (Å²) in [6, 6.07) is 10.1. The Balaban J connectivity index is 1.73. The van der Waals surface area contributed by atoms with Gasteiger partial charge in [-0.15, -0.1) is 0 Å². The molecule has 0 saturated heterocycles. The molecule has 0 fully saturated rings. The van der Waals surface area contributed by atoms with Crippen molar-refractivity contribution in [2.75, 3.05) is 6.79 Å². The molecule has 0 aromatic heterocycles. The molecule has 3 rings (SSSR count). The fourth-order valence-electron chi connectivity index (χ4n) is 2.25. The van der Waals surface area contributed by atoms with E-state index in [1.807, 2.05) is 0 Å². The van der Waals surface area contributed by atoms with Gasteiger partial charge in [-0.3, -0.25) is 0 Å². The lowest BCUT2D eigenvalue weighted by molar-refractivity contribution is 0.0734. The van der Waals surface area contributed by atoms with Crippen molar-refractivity contribution in [1.29, 1.82) is 0 Å². The van der Waals surface area contributed by atoms with Crippen LogP contribution in [-0.2, 0) is 10.0 Å². The van der Waals surface area contributed by atoms with Crippen LogP contribution in [0.2, 0.25) is 0 Å². The maximum atomic E-state index is 12.2. The Bertz CT molecular complexity index is 890. The van der Waals surface area contributed by atoms with E-state index in [2.05, 4.69) is 4.72 Å². The molecule has 1 aliphatic heterocycles. The van der Waals surface area contributed by atoms with Crippen LogP contribution in [0.1, 0.15) is 24.2 Å². The van der Waals surface area contributed by atoms with Gasteiger partial charge < -0.3 is 14.2 Å². The number of sulfonamides is 1. The molecule has 25 heavy (non-hydrogen) atoms. The highest BCUT2D eigenvalue weighted by Crippen LogP contribution is 2.35. The molecule has 1 N–H and O–H groups in total. The highest BCUT2D eigenvalue weighted by molar-refractivity contribution is 7.89. The van der Waals surface area contributed by atoms with Crippen LogP contribution in [0.5, 0.6) is 17.2 Å². The molecule has 0 atom stereocenters. The molecule has 0 bridgehead atoms. The van der Waals surface area contributed by atoms with Gasteiger partial charge in [0.05, 0.1) is 10.5 Å². The summed E-state index contributed by atoms with van der Waals surface area (Å²) in [5, 5.41) is 0. The molecule has 7 nitrogen and oxygen atoms in total. The third-order valence-corrected chi connectivity index (χ3v) is 5.02. The van der Waals surface area contributed by atoms with Crippen molar-refractivity contribution in [3.63, 3.8) is 0 Å². The second kappa shape index (κ2) is 6.73. The number of nitrogens with one attached hydrogen (secondary N) is 1. The first-order chi connectivity index (χ1) is 11.8. The Morgan fingerprint density at radius 3 is 2.44 bits per heavy atom. The molecular formula is C17H17NO6S. The van der Waals surface area contributed by atoms with Crippen molar-refractivity contribution in [1.82, 2.24) is 4.72 Å². The molecule has 0 radical (unpaired) electrons. The van der Waals surface area contributed by atoms with E-state index in [-0.39, 0.29) is 23.3 Å². The molecule has 132 valence electrons. The van der Waals surface area contributed by atoms with E-state index in [9.17, 15) is 13.2 Å². The summed E-state index contributed by atoms with van der Waals surface area (Å²) >= 11 is 0. The van der Waals surface area contributed by atoms with Gasteiger partial charge >= 0.3 is 5.97 Å². The largest absolute Gasteiger partial charge is 0.454 e. The molecule has 1 heterocycles. The molecule has 2 aromatic carbocycles. The monoisotopic (exact) mass is 363 g/mol. The van der Waals surface area contributed by atoms with E-state index in [1.165, 1.54) is 24.3 Å². The van der Waals surface area contributed by atoms with Gasteiger partial charge in [0, 0.05) is 12.1 Å². The van der Waals surface area contributed by atoms with Crippen molar-refractivity contribution in [2.45, 2.75) is 24.8 Å². The summed E-state index contributed by atoms with van der Waals surface area (Å²) in [5.74, 6) is 0.811. The minimum absolute atomic E-state index is 0.0841. The first-order valence-electron chi connectivity index (χ1n) is 7.59. The first kappa shape index (κ1) is 17.2. The number of fused-ring (bicyclic) bond motifs is 1. The van der Waals surface area contributed by atoms with Gasteiger partial charge in [-0.1, -0.05) is 0 Å². The van der Waals surface area contributed by atoms with Crippen LogP contribution in [0.3, 0.4) is 0 Å². The average Bonchev–Trinajstić information content (AvgIpc) is 3.01. The Labute approximate surface area is 145 Å². The second-order valence-electron chi connectivity index (χ2n) is 5.70. The lowest BCUT2D eigenvalue weighted by Crippen LogP contribution is -2.30. The van der Waals surface area contributed by atoms with Gasteiger partial charge in [0.25, 0.3) is 0 Å². The maximum Gasteiger partial charge on any atom is 0.343 e. The molecule has 2 aromatic rings. The summed E-state index contributed by atoms with van der Waals surface area (Å²) in [6.07, 6.45) is 0. The number of hydrogen-bond donors (Lipinski definition) is 1. The van der Waals surface area contributed by atoms with Crippen molar-refractivity contribution in [3.05, 3.63) is 48.0 Å². The molecule has 0 amide bonds. The quantitative estimate of drug-likeness (QED) is 0.648. The molecule has 0 saturated carbocycles. The van der Waals surface area contributed by atoms with E-state index in [1.54, 1.807) is 32.0 Å². The van der Waals surface area contributed by atoms with E-state index >= 15 is 0 Å². The average molecular weight is 363 g/mol. The predicted octanol–water partition coefficient (Wildman–Crippen LogP) is 2.32. The number of carbonyl (C=O) groups excluding carboxylic acids is 1. The predicted molar refractivity (Wildman–Crippen MR) is 89.4 cm³/mol. The summed E-state index contributed by atoms with van der Waals surface area (Å²) in [4.78, 5) is 12.3. The Kier molecular flexibility index (Phi) is 4.65. The zero-order valence-electron chi connectivity index (χ0n) is 13.7. The zero-order chi connectivity index (χ0) is 18.0. The van der Waals surface area contributed by atoms with Crippen LogP contribution in [0, 0.1) is 0 Å². The maximum absolute atomic E-state index is 12.2. The lowest BCUT2D eigenvalue weighted by Gasteiger charge is -2.10. The van der Waals surface area contributed by atoms with E-state index in [4.69, 9.17) is 14.2 Å². The summed E-state index contributed by atoms with van der Waals surface area (Å²) < 4.78 is 42.3. The Morgan fingerprint density at radius 2 is 1.76 bits per heavy atom. The highest BCUT2D eigenvalue weighted by Gasteiger charge is 2.18. The van der Waals surface area contributed by atoms with Crippen LogP contribution in [0.25, 0.3) is 0 Å². The standard InChI is InChI=1S/C17H17NO6S/c1-11(2)18-25(20,21)14-6-3-12(4-7-14)17(19)24-13-5-8-15-16(9-13)23-10-22-15/h3-9,11,18H,10H2,1-2H3. The van der Waals surface area contributed by atoms with Crippen LogP contribution >= 0.6 is 0 Å². The van der Waals surface area contributed by atoms with Crippen LogP contribution < -0.4 is 18.9 Å². The van der Waals surface area contributed by atoms with Crippen molar-refractivity contribution >= 4 is 16.0 Å². The van der Waals surface area contributed by atoms with Crippen LogP contribution in [0.4, 0.5) is 0 Å².